The van der Waals surface area contributed by atoms with E-state index in [-0.39, 0.29) is 36.3 Å². The van der Waals surface area contributed by atoms with E-state index in [1.54, 1.807) is 4.90 Å². The Hall–Kier alpha value is -1.43. The maximum absolute atomic E-state index is 12.4. The summed E-state index contributed by atoms with van der Waals surface area (Å²) in [5, 5.41) is 2.28. The highest BCUT2D eigenvalue weighted by atomic mass is 16.5. The van der Waals surface area contributed by atoms with Crippen LogP contribution < -0.4 is 5.32 Å². The van der Waals surface area contributed by atoms with Crippen LogP contribution in [0.2, 0.25) is 0 Å². The summed E-state index contributed by atoms with van der Waals surface area (Å²) in [6.07, 6.45) is 4.16. The first-order valence-corrected chi connectivity index (χ1v) is 6.91. The molecule has 0 radical (unpaired) electrons. The molecule has 3 rings (SSSR count). The summed E-state index contributed by atoms with van der Waals surface area (Å²) in [4.78, 5) is 37.0. The summed E-state index contributed by atoms with van der Waals surface area (Å²) in [6.45, 7) is 0.712. The van der Waals surface area contributed by atoms with E-state index in [1.165, 1.54) is 0 Å². The Balaban J connectivity index is 1.68. The first kappa shape index (κ1) is 12.6. The lowest BCUT2D eigenvalue weighted by Gasteiger charge is -2.27. The van der Waals surface area contributed by atoms with Crippen molar-refractivity contribution >= 4 is 17.7 Å². The molecule has 2 aliphatic heterocycles. The van der Waals surface area contributed by atoms with Crippen LogP contribution in [0.5, 0.6) is 0 Å². The number of nitrogens with one attached hydrogen (secondary N) is 1. The number of amides is 3. The first-order valence-electron chi connectivity index (χ1n) is 6.91. The minimum absolute atomic E-state index is 0.0195. The fraction of sp³-hybridized carbons (Fsp3) is 0.769. The van der Waals surface area contributed by atoms with Crippen LogP contribution in [0.1, 0.15) is 38.5 Å². The molecule has 2 saturated heterocycles. The second-order valence-electron chi connectivity index (χ2n) is 5.50. The Morgan fingerprint density at radius 3 is 2.63 bits per heavy atom. The number of rotatable bonds is 4. The number of hydrogen-bond acceptors (Lipinski definition) is 4. The van der Waals surface area contributed by atoms with Gasteiger partial charge in [0.05, 0.1) is 18.9 Å². The fourth-order valence-corrected chi connectivity index (χ4v) is 2.85. The summed E-state index contributed by atoms with van der Waals surface area (Å²) >= 11 is 0. The summed E-state index contributed by atoms with van der Waals surface area (Å²) in [6, 6.07) is -0.468. The lowest BCUT2D eigenvalue weighted by molar-refractivity contribution is -0.141. The van der Waals surface area contributed by atoms with Crippen LogP contribution in [-0.2, 0) is 19.1 Å². The minimum atomic E-state index is -0.603. The normalized spacial score (nSPS) is 30.5. The molecule has 1 aliphatic carbocycles. The summed E-state index contributed by atoms with van der Waals surface area (Å²) in [5.74, 6) is -0.674. The largest absolute Gasteiger partial charge is 0.378 e. The SMILES string of the molecule is O=C1C[C@@H](N(C(=O)C[C@@H]2CCCO2)C2CC2)C(=O)N1. The molecule has 1 N–H and O–H groups in total. The number of ether oxygens (including phenoxy) is 1. The average molecular weight is 266 g/mol. The molecule has 3 fully saturated rings. The van der Waals surface area contributed by atoms with E-state index in [0.717, 1.165) is 25.7 Å². The Labute approximate surface area is 111 Å². The quantitative estimate of drug-likeness (QED) is 0.725. The van der Waals surface area contributed by atoms with Crippen LogP contribution in [0, 0.1) is 0 Å². The van der Waals surface area contributed by atoms with E-state index < -0.39 is 6.04 Å². The van der Waals surface area contributed by atoms with E-state index in [9.17, 15) is 14.4 Å². The minimum Gasteiger partial charge on any atom is -0.378 e. The molecule has 0 aromatic rings. The Bertz CT molecular complexity index is 413. The van der Waals surface area contributed by atoms with Gasteiger partial charge >= 0.3 is 0 Å². The molecule has 0 unspecified atom stereocenters. The van der Waals surface area contributed by atoms with Crippen molar-refractivity contribution in [3.8, 4) is 0 Å². The molecule has 0 aromatic carbocycles. The smallest absolute Gasteiger partial charge is 0.249 e. The molecule has 3 amide bonds. The molecule has 6 nitrogen and oxygen atoms in total. The third-order valence-electron chi connectivity index (χ3n) is 3.93. The van der Waals surface area contributed by atoms with Gasteiger partial charge in [-0.3, -0.25) is 19.7 Å². The van der Waals surface area contributed by atoms with Crippen LogP contribution in [-0.4, -0.2) is 47.4 Å². The third-order valence-corrected chi connectivity index (χ3v) is 3.93. The lowest BCUT2D eigenvalue weighted by Crippen LogP contribution is -2.46. The molecular formula is C13H18N2O4. The summed E-state index contributed by atoms with van der Waals surface area (Å²) in [7, 11) is 0. The van der Waals surface area contributed by atoms with Crippen molar-refractivity contribution in [2.45, 2.75) is 56.7 Å². The Morgan fingerprint density at radius 1 is 1.32 bits per heavy atom. The van der Waals surface area contributed by atoms with Crippen molar-refractivity contribution in [1.29, 1.82) is 0 Å². The Morgan fingerprint density at radius 2 is 2.11 bits per heavy atom. The molecule has 2 heterocycles. The van der Waals surface area contributed by atoms with Gasteiger partial charge < -0.3 is 9.64 Å². The van der Waals surface area contributed by atoms with Crippen LogP contribution in [0.4, 0.5) is 0 Å². The molecule has 1 saturated carbocycles. The molecular weight excluding hydrogens is 248 g/mol. The molecule has 0 spiro atoms. The number of carbonyl (C=O) groups excluding carboxylic acids is 3. The van der Waals surface area contributed by atoms with Gasteiger partial charge in [-0.05, 0) is 25.7 Å². The highest BCUT2D eigenvalue weighted by molar-refractivity contribution is 6.06. The number of nitrogens with zero attached hydrogens (tertiary/aromatic N) is 1. The van der Waals surface area contributed by atoms with Gasteiger partial charge in [-0.1, -0.05) is 0 Å². The van der Waals surface area contributed by atoms with E-state index in [1.807, 2.05) is 0 Å². The van der Waals surface area contributed by atoms with Gasteiger partial charge in [0, 0.05) is 12.6 Å². The van der Waals surface area contributed by atoms with Crippen molar-refractivity contribution in [2.24, 2.45) is 0 Å². The summed E-state index contributed by atoms with van der Waals surface area (Å²) < 4.78 is 5.47. The van der Waals surface area contributed by atoms with E-state index in [4.69, 9.17) is 4.74 Å². The van der Waals surface area contributed by atoms with Crippen molar-refractivity contribution < 1.29 is 19.1 Å². The van der Waals surface area contributed by atoms with Crippen LogP contribution in [0.3, 0.4) is 0 Å². The van der Waals surface area contributed by atoms with Crippen molar-refractivity contribution in [1.82, 2.24) is 10.2 Å². The molecule has 6 heteroatoms. The van der Waals surface area contributed by atoms with Gasteiger partial charge in [0.1, 0.15) is 6.04 Å². The predicted octanol–water partition coefficient (Wildman–Crippen LogP) is -0.0384. The maximum atomic E-state index is 12.4. The molecule has 3 aliphatic rings. The van der Waals surface area contributed by atoms with Crippen LogP contribution >= 0.6 is 0 Å². The van der Waals surface area contributed by atoms with Crippen LogP contribution in [0.15, 0.2) is 0 Å². The van der Waals surface area contributed by atoms with E-state index in [0.29, 0.717) is 13.0 Å². The van der Waals surface area contributed by atoms with Gasteiger partial charge in [0.25, 0.3) is 0 Å². The third kappa shape index (κ3) is 2.63. The molecule has 0 bridgehead atoms. The van der Waals surface area contributed by atoms with Crippen LogP contribution in [0.25, 0.3) is 0 Å². The van der Waals surface area contributed by atoms with Gasteiger partial charge in [-0.2, -0.15) is 0 Å². The Kier molecular flexibility index (Phi) is 3.26. The second-order valence-corrected chi connectivity index (χ2v) is 5.50. The van der Waals surface area contributed by atoms with Gasteiger partial charge in [0.15, 0.2) is 0 Å². The molecule has 0 aromatic heterocycles. The monoisotopic (exact) mass is 266 g/mol. The van der Waals surface area contributed by atoms with E-state index in [2.05, 4.69) is 5.32 Å². The topological polar surface area (TPSA) is 75.7 Å². The van der Waals surface area contributed by atoms with E-state index >= 15 is 0 Å². The lowest BCUT2D eigenvalue weighted by atomic mass is 10.1. The van der Waals surface area contributed by atoms with Crippen molar-refractivity contribution in [3.05, 3.63) is 0 Å². The van der Waals surface area contributed by atoms with Gasteiger partial charge in [-0.15, -0.1) is 0 Å². The second kappa shape index (κ2) is 4.92. The predicted molar refractivity (Wildman–Crippen MR) is 65.0 cm³/mol. The summed E-state index contributed by atoms with van der Waals surface area (Å²) in [5.41, 5.74) is 0. The number of hydrogen-bond donors (Lipinski definition) is 1. The molecule has 19 heavy (non-hydrogen) atoms. The van der Waals surface area contributed by atoms with Gasteiger partial charge in [0.2, 0.25) is 17.7 Å². The molecule has 104 valence electrons. The zero-order chi connectivity index (χ0) is 13.4. The average Bonchev–Trinajstić information content (AvgIpc) is 2.94. The van der Waals surface area contributed by atoms with Crippen molar-refractivity contribution in [3.63, 3.8) is 0 Å². The number of carbonyl (C=O) groups is 3. The fourth-order valence-electron chi connectivity index (χ4n) is 2.85. The highest BCUT2D eigenvalue weighted by Crippen LogP contribution is 2.32. The zero-order valence-electron chi connectivity index (χ0n) is 10.8. The zero-order valence-corrected chi connectivity index (χ0v) is 10.8. The number of imide groups is 1. The molecule has 2 atom stereocenters. The standard InChI is InChI=1S/C13H18N2O4/c16-11-7-10(13(18)14-11)15(8-3-4-8)12(17)6-9-2-1-5-19-9/h8-10H,1-7H2,(H,14,16,18)/t9-,10+/m0/s1. The maximum Gasteiger partial charge on any atom is 0.249 e. The first-order chi connectivity index (χ1) is 9.15. The highest BCUT2D eigenvalue weighted by Gasteiger charge is 2.44. The van der Waals surface area contributed by atoms with Crippen molar-refractivity contribution in [2.75, 3.05) is 6.61 Å². The van der Waals surface area contributed by atoms with Gasteiger partial charge in [-0.25, -0.2) is 0 Å².